The molecule has 4 rings (SSSR count). The molecule has 1 aliphatic heterocycles. The van der Waals surface area contributed by atoms with E-state index in [1.165, 1.54) is 0 Å². The second-order valence-corrected chi connectivity index (χ2v) is 7.24. The first-order chi connectivity index (χ1) is 14.7. The lowest BCUT2D eigenvalue weighted by molar-refractivity contribution is -0.137. The number of nitrogens with one attached hydrogen (secondary N) is 1. The van der Waals surface area contributed by atoms with Crippen LogP contribution in [0.25, 0.3) is 10.9 Å². The maximum atomic E-state index is 10.7. The molecule has 0 amide bonds. The van der Waals surface area contributed by atoms with Crippen LogP contribution in [0.5, 0.6) is 0 Å². The van der Waals surface area contributed by atoms with E-state index in [2.05, 4.69) is 25.1 Å². The van der Waals surface area contributed by atoms with Crippen molar-refractivity contribution in [2.24, 2.45) is 0 Å². The van der Waals surface area contributed by atoms with E-state index in [0.29, 0.717) is 19.5 Å². The average molecular weight is 407 g/mol. The van der Waals surface area contributed by atoms with Gasteiger partial charge in [0.2, 0.25) is 5.95 Å². The van der Waals surface area contributed by atoms with Crippen molar-refractivity contribution in [1.82, 2.24) is 24.8 Å². The Bertz CT molecular complexity index is 991. The lowest BCUT2D eigenvalue weighted by Crippen LogP contribution is -2.46. The summed E-state index contributed by atoms with van der Waals surface area (Å²) in [5.41, 5.74) is 0.888. The lowest BCUT2D eigenvalue weighted by Gasteiger charge is -2.34. The molecule has 30 heavy (non-hydrogen) atoms. The number of para-hydroxylation sites is 1. The number of piperazine rings is 1. The van der Waals surface area contributed by atoms with Crippen LogP contribution in [0.15, 0.2) is 42.7 Å². The molecule has 0 radical (unpaired) electrons. The topological polar surface area (TPSA) is 107 Å². The van der Waals surface area contributed by atoms with E-state index < -0.39 is 5.97 Å². The van der Waals surface area contributed by atoms with Gasteiger partial charge in [-0.3, -0.25) is 9.69 Å². The molecule has 0 bridgehead atoms. The lowest BCUT2D eigenvalue weighted by atomic mass is 10.2. The Labute approximate surface area is 174 Å². The summed E-state index contributed by atoms with van der Waals surface area (Å²) in [5.74, 6) is 1.51. The summed E-state index contributed by atoms with van der Waals surface area (Å²) in [7, 11) is 0. The maximum Gasteiger partial charge on any atom is 0.303 e. The Kier molecular flexibility index (Phi) is 6.29. The Morgan fingerprint density at radius 1 is 1.03 bits per heavy atom. The quantitative estimate of drug-likeness (QED) is 0.542. The fraction of sp³-hybridized carbons (Fsp3) is 0.381. The largest absolute Gasteiger partial charge is 0.481 e. The normalized spacial score (nSPS) is 14.7. The SMILES string of the molecule is O=C(O)CCCNc1nc(CN2CCN(c3ncccn3)CC2)nc2ccccc12. The molecule has 3 heterocycles. The Balaban J connectivity index is 1.42. The van der Waals surface area contributed by atoms with Gasteiger partial charge in [-0.1, -0.05) is 12.1 Å². The third kappa shape index (κ3) is 4.98. The van der Waals surface area contributed by atoms with Gasteiger partial charge in [0, 0.05) is 56.9 Å². The molecule has 1 fully saturated rings. The monoisotopic (exact) mass is 407 g/mol. The summed E-state index contributed by atoms with van der Waals surface area (Å²) in [6, 6.07) is 9.71. The number of benzene rings is 1. The molecule has 2 aromatic heterocycles. The van der Waals surface area contributed by atoms with Crippen molar-refractivity contribution in [2.45, 2.75) is 19.4 Å². The van der Waals surface area contributed by atoms with Crippen LogP contribution >= 0.6 is 0 Å². The van der Waals surface area contributed by atoms with E-state index in [1.807, 2.05) is 30.3 Å². The highest BCUT2D eigenvalue weighted by molar-refractivity contribution is 5.89. The van der Waals surface area contributed by atoms with E-state index in [0.717, 1.165) is 54.7 Å². The first kappa shape index (κ1) is 20.0. The van der Waals surface area contributed by atoms with E-state index in [9.17, 15) is 4.79 Å². The number of rotatable bonds is 8. The summed E-state index contributed by atoms with van der Waals surface area (Å²) in [4.78, 5) is 33.4. The van der Waals surface area contributed by atoms with Crippen molar-refractivity contribution in [3.8, 4) is 0 Å². The average Bonchev–Trinajstić information content (AvgIpc) is 2.77. The molecule has 0 spiro atoms. The van der Waals surface area contributed by atoms with Crippen LogP contribution < -0.4 is 10.2 Å². The minimum Gasteiger partial charge on any atom is -0.481 e. The van der Waals surface area contributed by atoms with Crippen LogP contribution in [0.4, 0.5) is 11.8 Å². The predicted molar refractivity (Wildman–Crippen MR) is 114 cm³/mol. The van der Waals surface area contributed by atoms with Crippen LogP contribution in [-0.2, 0) is 11.3 Å². The molecule has 3 aromatic rings. The maximum absolute atomic E-state index is 10.7. The molecule has 9 nitrogen and oxygen atoms in total. The van der Waals surface area contributed by atoms with Gasteiger partial charge >= 0.3 is 5.97 Å². The van der Waals surface area contributed by atoms with E-state index >= 15 is 0 Å². The van der Waals surface area contributed by atoms with Gasteiger partial charge in [0.25, 0.3) is 0 Å². The second-order valence-electron chi connectivity index (χ2n) is 7.24. The molecular weight excluding hydrogens is 382 g/mol. The number of hydrogen-bond donors (Lipinski definition) is 2. The Morgan fingerprint density at radius 3 is 2.57 bits per heavy atom. The Hall–Kier alpha value is -3.33. The minimum absolute atomic E-state index is 0.137. The van der Waals surface area contributed by atoms with Crippen LogP contribution in [0.2, 0.25) is 0 Å². The fourth-order valence-electron chi connectivity index (χ4n) is 3.54. The molecule has 1 saturated heterocycles. The molecular formula is C21H25N7O2. The first-order valence-corrected chi connectivity index (χ1v) is 10.1. The summed E-state index contributed by atoms with van der Waals surface area (Å²) in [6.07, 6.45) is 4.22. The summed E-state index contributed by atoms with van der Waals surface area (Å²) in [6.45, 7) is 4.71. The van der Waals surface area contributed by atoms with Crippen LogP contribution in [0.1, 0.15) is 18.7 Å². The van der Waals surface area contributed by atoms with Gasteiger partial charge in [0.1, 0.15) is 11.6 Å². The highest BCUT2D eigenvalue weighted by atomic mass is 16.4. The number of carboxylic acids is 1. The van der Waals surface area contributed by atoms with Gasteiger partial charge in [-0.25, -0.2) is 19.9 Å². The van der Waals surface area contributed by atoms with Gasteiger partial charge in [0.15, 0.2) is 0 Å². The van der Waals surface area contributed by atoms with Crippen LogP contribution in [0.3, 0.4) is 0 Å². The summed E-state index contributed by atoms with van der Waals surface area (Å²) >= 11 is 0. The van der Waals surface area contributed by atoms with Crippen molar-refractivity contribution >= 4 is 28.6 Å². The number of fused-ring (bicyclic) bond motifs is 1. The third-order valence-electron chi connectivity index (χ3n) is 5.08. The van der Waals surface area contributed by atoms with E-state index in [4.69, 9.17) is 15.1 Å². The zero-order chi connectivity index (χ0) is 20.8. The number of carbonyl (C=O) groups is 1. The van der Waals surface area contributed by atoms with Crippen molar-refractivity contribution in [2.75, 3.05) is 42.9 Å². The second kappa shape index (κ2) is 9.45. The van der Waals surface area contributed by atoms with E-state index in [-0.39, 0.29) is 6.42 Å². The highest BCUT2D eigenvalue weighted by Crippen LogP contribution is 2.21. The standard InChI is InChI=1S/C21H25N7O2/c29-19(30)7-3-8-22-20-16-5-1-2-6-17(16)25-18(26-20)15-27-11-13-28(14-12-27)21-23-9-4-10-24-21/h1-2,4-6,9-10H,3,7-8,11-15H2,(H,29,30)(H,22,25,26). The van der Waals surface area contributed by atoms with Crippen molar-refractivity contribution < 1.29 is 9.90 Å². The number of aliphatic carboxylic acids is 1. The fourth-order valence-corrected chi connectivity index (χ4v) is 3.54. The number of anilines is 2. The molecule has 0 saturated carbocycles. The van der Waals surface area contributed by atoms with Crippen molar-refractivity contribution in [1.29, 1.82) is 0 Å². The van der Waals surface area contributed by atoms with Gasteiger partial charge in [-0.15, -0.1) is 0 Å². The smallest absolute Gasteiger partial charge is 0.303 e. The van der Waals surface area contributed by atoms with Gasteiger partial charge < -0.3 is 15.3 Å². The number of aromatic nitrogens is 4. The van der Waals surface area contributed by atoms with Crippen molar-refractivity contribution in [3.05, 3.63) is 48.5 Å². The molecule has 1 aliphatic rings. The molecule has 1 aromatic carbocycles. The summed E-state index contributed by atoms with van der Waals surface area (Å²) in [5, 5.41) is 13.1. The van der Waals surface area contributed by atoms with E-state index in [1.54, 1.807) is 12.4 Å². The van der Waals surface area contributed by atoms with Gasteiger partial charge in [0.05, 0.1) is 12.1 Å². The summed E-state index contributed by atoms with van der Waals surface area (Å²) < 4.78 is 0. The molecule has 2 N–H and O–H groups in total. The number of carboxylic acid groups (broad SMARTS) is 1. The molecule has 0 aliphatic carbocycles. The Morgan fingerprint density at radius 2 is 1.80 bits per heavy atom. The molecule has 0 unspecified atom stereocenters. The molecule has 156 valence electrons. The van der Waals surface area contributed by atoms with Crippen LogP contribution in [-0.4, -0.2) is 68.6 Å². The number of hydrogen-bond acceptors (Lipinski definition) is 8. The zero-order valence-electron chi connectivity index (χ0n) is 16.7. The minimum atomic E-state index is -0.787. The van der Waals surface area contributed by atoms with Gasteiger partial charge in [-0.05, 0) is 24.6 Å². The van der Waals surface area contributed by atoms with Crippen LogP contribution in [0, 0.1) is 0 Å². The first-order valence-electron chi connectivity index (χ1n) is 10.1. The molecule has 9 heteroatoms. The van der Waals surface area contributed by atoms with Gasteiger partial charge in [-0.2, -0.15) is 0 Å². The third-order valence-corrected chi connectivity index (χ3v) is 5.08. The predicted octanol–water partition coefficient (Wildman–Crippen LogP) is 2.02. The highest BCUT2D eigenvalue weighted by Gasteiger charge is 2.20. The van der Waals surface area contributed by atoms with Crippen molar-refractivity contribution in [3.63, 3.8) is 0 Å². The zero-order valence-corrected chi connectivity index (χ0v) is 16.7. The molecule has 0 atom stereocenters. The number of nitrogens with zero attached hydrogens (tertiary/aromatic N) is 6.